The summed E-state index contributed by atoms with van der Waals surface area (Å²) in [5, 5.41) is 0. The zero-order chi connectivity index (χ0) is 9.40. The zero-order valence-corrected chi connectivity index (χ0v) is 8.80. The van der Waals surface area contributed by atoms with Crippen molar-refractivity contribution in [2.24, 2.45) is 0 Å². The van der Waals surface area contributed by atoms with Gasteiger partial charge in [-0.15, -0.1) is 0 Å². The Hall–Kier alpha value is -0.0800. The number of ether oxygens (including phenoxy) is 2. The van der Waals surface area contributed by atoms with Crippen molar-refractivity contribution >= 4 is 0 Å². The second-order valence-corrected chi connectivity index (χ2v) is 3.15. The van der Waals surface area contributed by atoms with Crippen LogP contribution in [0.3, 0.4) is 0 Å². The first kappa shape index (κ1) is 11.9. The van der Waals surface area contributed by atoms with Gasteiger partial charge in [-0.3, -0.25) is 0 Å². The van der Waals surface area contributed by atoms with Crippen molar-refractivity contribution in [2.45, 2.75) is 51.7 Å². The molecule has 0 aliphatic heterocycles. The van der Waals surface area contributed by atoms with Gasteiger partial charge in [0.25, 0.3) is 0 Å². The van der Waals surface area contributed by atoms with Crippen LogP contribution in [0.4, 0.5) is 0 Å². The summed E-state index contributed by atoms with van der Waals surface area (Å²) < 4.78 is 10.6. The molecule has 0 aromatic heterocycles. The Bertz CT molecular complexity index is 89.8. The van der Waals surface area contributed by atoms with Crippen LogP contribution in [0.1, 0.15) is 39.5 Å². The van der Waals surface area contributed by atoms with Gasteiger partial charge in [0.15, 0.2) is 0 Å². The third-order valence-electron chi connectivity index (χ3n) is 2.26. The lowest BCUT2D eigenvalue weighted by Crippen LogP contribution is -2.20. The maximum atomic E-state index is 5.34. The highest BCUT2D eigenvalue weighted by Gasteiger charge is 2.12. The average Bonchev–Trinajstić information content (AvgIpc) is 2.12. The molecule has 0 radical (unpaired) electrons. The lowest BCUT2D eigenvalue weighted by Gasteiger charge is -2.20. The van der Waals surface area contributed by atoms with Gasteiger partial charge >= 0.3 is 0 Å². The number of methoxy groups -OCH3 is 2. The molecule has 0 aliphatic rings. The summed E-state index contributed by atoms with van der Waals surface area (Å²) in [4.78, 5) is 0. The minimum absolute atomic E-state index is 0.362. The van der Waals surface area contributed by atoms with E-state index in [0.717, 1.165) is 19.3 Å². The molecule has 0 heterocycles. The lowest BCUT2D eigenvalue weighted by atomic mass is 10.1. The molecule has 0 fully saturated rings. The summed E-state index contributed by atoms with van der Waals surface area (Å²) in [5.74, 6) is 0. The third-order valence-corrected chi connectivity index (χ3v) is 2.26. The molecule has 0 N–H and O–H groups in total. The molecule has 0 aromatic carbocycles. The summed E-state index contributed by atoms with van der Waals surface area (Å²) in [6.45, 7) is 4.33. The van der Waals surface area contributed by atoms with E-state index in [2.05, 4.69) is 13.8 Å². The Balaban J connectivity index is 3.65. The SMILES string of the molecule is CCCC(CC(CC)OC)OC. The van der Waals surface area contributed by atoms with E-state index in [1.165, 1.54) is 6.42 Å². The average molecular weight is 174 g/mol. The normalized spacial score (nSPS) is 16.0. The van der Waals surface area contributed by atoms with Crippen molar-refractivity contribution in [2.75, 3.05) is 14.2 Å². The summed E-state index contributed by atoms with van der Waals surface area (Å²) in [6.07, 6.45) is 5.15. The summed E-state index contributed by atoms with van der Waals surface area (Å²) in [6, 6.07) is 0. The first-order chi connectivity index (χ1) is 5.78. The van der Waals surface area contributed by atoms with E-state index in [-0.39, 0.29) is 0 Å². The van der Waals surface area contributed by atoms with Crippen molar-refractivity contribution < 1.29 is 9.47 Å². The van der Waals surface area contributed by atoms with E-state index in [1.54, 1.807) is 14.2 Å². The maximum absolute atomic E-state index is 5.34. The molecule has 2 atom stereocenters. The van der Waals surface area contributed by atoms with Crippen molar-refractivity contribution in [3.63, 3.8) is 0 Å². The molecule has 2 heteroatoms. The minimum atomic E-state index is 0.362. The van der Waals surface area contributed by atoms with Crippen molar-refractivity contribution in [1.82, 2.24) is 0 Å². The third kappa shape index (κ3) is 4.73. The molecule has 74 valence electrons. The first-order valence-electron chi connectivity index (χ1n) is 4.84. The number of hydrogen-bond acceptors (Lipinski definition) is 2. The fourth-order valence-electron chi connectivity index (χ4n) is 1.38. The van der Waals surface area contributed by atoms with E-state index >= 15 is 0 Å². The fourth-order valence-corrected chi connectivity index (χ4v) is 1.38. The Morgan fingerprint density at radius 1 is 1.00 bits per heavy atom. The van der Waals surface area contributed by atoms with Crippen LogP contribution in [0.2, 0.25) is 0 Å². The standard InChI is InChI=1S/C10H22O2/c1-5-7-10(12-4)8-9(6-2)11-3/h9-10H,5-8H2,1-4H3. The van der Waals surface area contributed by atoms with E-state index in [4.69, 9.17) is 9.47 Å². The van der Waals surface area contributed by atoms with Crippen LogP contribution in [-0.4, -0.2) is 26.4 Å². The lowest BCUT2D eigenvalue weighted by molar-refractivity contribution is 0.0172. The highest BCUT2D eigenvalue weighted by atomic mass is 16.5. The maximum Gasteiger partial charge on any atom is 0.0596 e. The second kappa shape index (κ2) is 7.56. The van der Waals surface area contributed by atoms with Crippen LogP contribution in [0, 0.1) is 0 Å². The van der Waals surface area contributed by atoms with Crippen LogP contribution in [0.15, 0.2) is 0 Å². The molecular weight excluding hydrogens is 152 g/mol. The van der Waals surface area contributed by atoms with Crippen LogP contribution < -0.4 is 0 Å². The molecular formula is C10H22O2. The molecule has 0 aliphatic carbocycles. The van der Waals surface area contributed by atoms with Crippen LogP contribution in [0.5, 0.6) is 0 Å². The van der Waals surface area contributed by atoms with Crippen LogP contribution >= 0.6 is 0 Å². The molecule has 0 saturated carbocycles. The molecule has 2 unspecified atom stereocenters. The van der Waals surface area contributed by atoms with Crippen molar-refractivity contribution in [3.8, 4) is 0 Å². The predicted octanol–water partition coefficient (Wildman–Crippen LogP) is 2.62. The molecule has 0 rings (SSSR count). The zero-order valence-electron chi connectivity index (χ0n) is 8.80. The number of rotatable bonds is 7. The van der Waals surface area contributed by atoms with Gasteiger partial charge in [-0.1, -0.05) is 20.3 Å². The quantitative estimate of drug-likeness (QED) is 0.590. The van der Waals surface area contributed by atoms with E-state index in [0.29, 0.717) is 12.2 Å². The highest BCUT2D eigenvalue weighted by molar-refractivity contribution is 4.64. The predicted molar refractivity (Wildman–Crippen MR) is 51.4 cm³/mol. The minimum Gasteiger partial charge on any atom is -0.381 e. The van der Waals surface area contributed by atoms with Crippen molar-refractivity contribution in [1.29, 1.82) is 0 Å². The summed E-state index contributed by atoms with van der Waals surface area (Å²) in [7, 11) is 3.55. The van der Waals surface area contributed by atoms with Gasteiger partial charge in [0.05, 0.1) is 12.2 Å². The smallest absolute Gasteiger partial charge is 0.0596 e. The Morgan fingerprint density at radius 2 is 1.58 bits per heavy atom. The first-order valence-corrected chi connectivity index (χ1v) is 4.84. The topological polar surface area (TPSA) is 18.5 Å². The second-order valence-electron chi connectivity index (χ2n) is 3.15. The molecule has 0 bridgehead atoms. The van der Waals surface area contributed by atoms with Gasteiger partial charge in [-0.2, -0.15) is 0 Å². The molecule has 0 aromatic rings. The molecule has 0 amide bonds. The summed E-state index contributed by atoms with van der Waals surface area (Å²) in [5.41, 5.74) is 0. The number of hydrogen-bond donors (Lipinski definition) is 0. The van der Waals surface area contributed by atoms with Crippen LogP contribution in [0.25, 0.3) is 0 Å². The van der Waals surface area contributed by atoms with Crippen molar-refractivity contribution in [3.05, 3.63) is 0 Å². The van der Waals surface area contributed by atoms with Gasteiger partial charge in [-0.25, -0.2) is 0 Å². The van der Waals surface area contributed by atoms with E-state index < -0.39 is 0 Å². The molecule has 2 nitrogen and oxygen atoms in total. The van der Waals surface area contributed by atoms with E-state index in [9.17, 15) is 0 Å². The van der Waals surface area contributed by atoms with Gasteiger partial charge < -0.3 is 9.47 Å². The Morgan fingerprint density at radius 3 is 1.92 bits per heavy atom. The molecule has 0 spiro atoms. The monoisotopic (exact) mass is 174 g/mol. The highest BCUT2D eigenvalue weighted by Crippen LogP contribution is 2.12. The molecule has 12 heavy (non-hydrogen) atoms. The van der Waals surface area contributed by atoms with Gasteiger partial charge in [-0.05, 0) is 19.3 Å². The Kier molecular flexibility index (Phi) is 7.51. The largest absolute Gasteiger partial charge is 0.381 e. The van der Waals surface area contributed by atoms with E-state index in [1.807, 2.05) is 0 Å². The van der Waals surface area contributed by atoms with Crippen LogP contribution in [-0.2, 0) is 9.47 Å². The molecule has 0 saturated heterocycles. The van der Waals surface area contributed by atoms with Gasteiger partial charge in [0, 0.05) is 14.2 Å². The Labute approximate surface area is 76.3 Å². The van der Waals surface area contributed by atoms with Gasteiger partial charge in [0.1, 0.15) is 0 Å². The van der Waals surface area contributed by atoms with Gasteiger partial charge in [0.2, 0.25) is 0 Å². The fraction of sp³-hybridized carbons (Fsp3) is 1.00. The summed E-state index contributed by atoms with van der Waals surface area (Å²) >= 11 is 0.